The number of hydrogen-bond acceptors (Lipinski definition) is 5. The fourth-order valence-corrected chi connectivity index (χ4v) is 4.31. The van der Waals surface area contributed by atoms with Gasteiger partial charge in [-0.1, -0.05) is 94.5 Å². The van der Waals surface area contributed by atoms with Crippen LogP contribution in [0.1, 0.15) is 82.6 Å². The van der Waals surface area contributed by atoms with Crippen LogP contribution in [0.25, 0.3) is 0 Å². The van der Waals surface area contributed by atoms with Crippen molar-refractivity contribution in [2.24, 2.45) is 0 Å². The molecule has 0 fully saturated rings. The van der Waals surface area contributed by atoms with Crippen LogP contribution in [-0.2, 0) is 24.6 Å². The molecule has 1 rings (SSSR count). The Morgan fingerprint density at radius 1 is 0.741 bits per heavy atom. The molecule has 0 spiro atoms. The van der Waals surface area contributed by atoms with Crippen molar-refractivity contribution in [1.82, 2.24) is 0 Å². The predicted molar refractivity (Wildman–Crippen MR) is 115 cm³/mol. The molecule has 1 aromatic carbocycles. The normalized spacial score (nSPS) is 11.7. The molecule has 0 saturated heterocycles. The summed E-state index contributed by atoms with van der Waals surface area (Å²) in [6.45, 7) is 0. The van der Waals surface area contributed by atoms with E-state index < -0.39 is 10.4 Å². The quantitative estimate of drug-likeness (QED) is 0.203. The Morgan fingerprint density at radius 2 is 1.22 bits per heavy atom. The largest absolute Gasteiger partial charge is 0.410 e. The van der Waals surface area contributed by atoms with E-state index in [9.17, 15) is 8.42 Å². The Hall–Kier alpha value is -0.560. The average Bonchev–Trinajstić information content (AvgIpc) is 2.68. The number of rotatable bonds is 18. The summed E-state index contributed by atoms with van der Waals surface area (Å²) in [5.74, 6) is 0.687. The van der Waals surface area contributed by atoms with Crippen LogP contribution in [0.3, 0.4) is 0 Å². The van der Waals surface area contributed by atoms with E-state index in [2.05, 4.69) is 38.1 Å². The molecule has 0 heterocycles. The van der Waals surface area contributed by atoms with Gasteiger partial charge in [-0.15, -0.1) is 0 Å². The van der Waals surface area contributed by atoms with E-state index in [1.165, 1.54) is 76.2 Å². The zero-order valence-electron chi connectivity index (χ0n) is 16.7. The molecule has 0 N–H and O–H groups in total. The fraction of sp³-hybridized carbons (Fsp3) is 0.714. The Balaban J connectivity index is 1.74. The monoisotopic (exact) mass is 416 g/mol. The first-order chi connectivity index (χ1) is 13.1. The van der Waals surface area contributed by atoms with Crippen LogP contribution < -0.4 is 0 Å². The van der Waals surface area contributed by atoms with E-state index in [4.69, 9.17) is 0 Å². The van der Waals surface area contributed by atoms with Crippen molar-refractivity contribution in [1.29, 1.82) is 0 Å². The summed E-state index contributed by atoms with van der Waals surface area (Å²) >= 11 is 0.953. The summed E-state index contributed by atoms with van der Waals surface area (Å²) in [5.41, 5.74) is 1.46. The van der Waals surface area contributed by atoms with Gasteiger partial charge in [-0.3, -0.25) is 4.18 Å². The lowest BCUT2D eigenvalue weighted by Crippen LogP contribution is -2.02. The van der Waals surface area contributed by atoms with E-state index >= 15 is 0 Å². The van der Waals surface area contributed by atoms with Gasteiger partial charge in [0.05, 0.1) is 7.11 Å². The molecule has 0 bridgehead atoms. The number of aryl methyl sites for hydroxylation is 1. The first kappa shape index (κ1) is 24.5. The molecule has 0 unspecified atom stereocenters. The first-order valence-corrected chi connectivity index (χ1v) is 12.5. The van der Waals surface area contributed by atoms with Crippen LogP contribution in [0.15, 0.2) is 30.3 Å². The lowest BCUT2D eigenvalue weighted by Gasteiger charge is -2.04. The van der Waals surface area contributed by atoms with Crippen molar-refractivity contribution < 1.29 is 16.2 Å². The van der Waals surface area contributed by atoms with Gasteiger partial charge in [0.25, 0.3) is 0 Å². The highest BCUT2D eigenvalue weighted by atomic mass is 32.3. The van der Waals surface area contributed by atoms with Crippen molar-refractivity contribution in [3.8, 4) is 0 Å². The van der Waals surface area contributed by atoms with E-state index in [0.717, 1.165) is 32.0 Å². The summed E-state index contributed by atoms with van der Waals surface area (Å²) < 4.78 is 30.6. The molecule has 0 aliphatic rings. The maximum absolute atomic E-state index is 10.9. The first-order valence-electron chi connectivity index (χ1n) is 10.3. The SMILES string of the molecule is COS(=O)(=O)OSCCCCCCCCCCCCCCc1ccccc1. The highest BCUT2D eigenvalue weighted by Gasteiger charge is 2.08. The summed E-state index contributed by atoms with van der Waals surface area (Å²) in [4.78, 5) is 0. The lowest BCUT2D eigenvalue weighted by molar-refractivity contribution is 0.343. The minimum Gasteiger partial charge on any atom is -0.251 e. The van der Waals surface area contributed by atoms with Crippen molar-refractivity contribution in [3.63, 3.8) is 0 Å². The van der Waals surface area contributed by atoms with Crippen molar-refractivity contribution in [2.75, 3.05) is 12.9 Å². The van der Waals surface area contributed by atoms with E-state index in [-0.39, 0.29) is 0 Å². The minimum absolute atomic E-state index is 0.687. The smallest absolute Gasteiger partial charge is 0.251 e. The molecule has 27 heavy (non-hydrogen) atoms. The number of hydrogen-bond donors (Lipinski definition) is 0. The fourth-order valence-electron chi connectivity index (χ4n) is 3.02. The second-order valence-electron chi connectivity index (χ2n) is 6.94. The highest BCUT2D eigenvalue weighted by Crippen LogP contribution is 2.15. The Bertz CT molecular complexity index is 547. The maximum atomic E-state index is 10.9. The van der Waals surface area contributed by atoms with Gasteiger partial charge >= 0.3 is 10.4 Å². The molecule has 0 amide bonds. The summed E-state index contributed by atoms with van der Waals surface area (Å²) in [5, 5.41) is 0. The second kappa shape index (κ2) is 16.4. The van der Waals surface area contributed by atoms with Gasteiger partial charge in [0.2, 0.25) is 0 Å². The van der Waals surface area contributed by atoms with Crippen LogP contribution in [0.2, 0.25) is 0 Å². The molecular weight excluding hydrogens is 380 g/mol. The molecule has 1 aromatic rings. The van der Waals surface area contributed by atoms with Crippen LogP contribution in [-0.4, -0.2) is 21.3 Å². The van der Waals surface area contributed by atoms with Gasteiger partial charge in [-0.05, 0) is 24.8 Å². The van der Waals surface area contributed by atoms with Crippen LogP contribution in [0.5, 0.6) is 0 Å². The molecule has 0 aliphatic carbocycles. The number of benzene rings is 1. The van der Waals surface area contributed by atoms with E-state index in [1.807, 2.05) is 0 Å². The van der Waals surface area contributed by atoms with Gasteiger partial charge < -0.3 is 0 Å². The second-order valence-corrected chi connectivity index (χ2v) is 9.28. The molecule has 0 atom stereocenters. The molecule has 0 aliphatic heterocycles. The van der Waals surface area contributed by atoms with E-state index in [1.54, 1.807) is 0 Å². The van der Waals surface area contributed by atoms with Crippen LogP contribution in [0.4, 0.5) is 0 Å². The van der Waals surface area contributed by atoms with Gasteiger partial charge in [-0.25, -0.2) is 0 Å². The average molecular weight is 417 g/mol. The molecule has 0 saturated carbocycles. The van der Waals surface area contributed by atoms with Gasteiger partial charge in [0.15, 0.2) is 0 Å². The van der Waals surface area contributed by atoms with Gasteiger partial charge in [0, 0.05) is 17.8 Å². The number of unbranched alkanes of at least 4 members (excludes halogenated alkanes) is 11. The Morgan fingerprint density at radius 3 is 1.74 bits per heavy atom. The zero-order chi connectivity index (χ0) is 19.6. The summed E-state index contributed by atoms with van der Waals surface area (Å²) in [6.07, 6.45) is 16.6. The molecule has 4 nitrogen and oxygen atoms in total. The molecule has 6 heteroatoms. The van der Waals surface area contributed by atoms with Gasteiger partial charge in [-0.2, -0.15) is 12.0 Å². The Kier molecular flexibility index (Phi) is 14.9. The molecule has 156 valence electrons. The third-order valence-corrected chi connectivity index (χ3v) is 6.54. The molecular formula is C21H36O4S2. The van der Waals surface area contributed by atoms with Crippen molar-refractivity contribution in [2.45, 2.75) is 83.5 Å². The Labute approximate surface area is 171 Å². The van der Waals surface area contributed by atoms with Crippen LogP contribution >= 0.6 is 12.0 Å². The maximum Gasteiger partial charge on any atom is 0.410 e. The van der Waals surface area contributed by atoms with Crippen molar-refractivity contribution in [3.05, 3.63) is 35.9 Å². The zero-order valence-corrected chi connectivity index (χ0v) is 18.4. The third kappa shape index (κ3) is 15.1. The topological polar surface area (TPSA) is 52.6 Å². The molecule has 0 radical (unpaired) electrons. The summed E-state index contributed by atoms with van der Waals surface area (Å²) in [6, 6.07) is 10.8. The van der Waals surface area contributed by atoms with Gasteiger partial charge in [0.1, 0.15) is 0 Å². The minimum atomic E-state index is -3.79. The summed E-state index contributed by atoms with van der Waals surface area (Å²) in [7, 11) is -2.69. The van der Waals surface area contributed by atoms with E-state index in [0.29, 0.717) is 5.75 Å². The highest BCUT2D eigenvalue weighted by molar-refractivity contribution is 8.02. The lowest BCUT2D eigenvalue weighted by atomic mass is 10.0. The van der Waals surface area contributed by atoms with Crippen molar-refractivity contribution >= 4 is 22.4 Å². The van der Waals surface area contributed by atoms with Crippen LogP contribution in [0, 0.1) is 0 Å². The molecule has 0 aromatic heterocycles. The standard InChI is InChI=1S/C21H36O4S2/c1-24-27(22,23)25-26-20-16-11-9-7-5-3-2-4-6-8-10-13-17-21-18-14-12-15-19-21/h12,14-15,18-19H,2-11,13,16-17,20H2,1H3. The predicted octanol–water partition coefficient (Wildman–Crippen LogP) is 6.47. The third-order valence-electron chi connectivity index (χ3n) is 4.62.